The van der Waals surface area contributed by atoms with Crippen LogP contribution in [0.15, 0.2) is 29.8 Å². The van der Waals surface area contributed by atoms with Crippen molar-refractivity contribution in [3.8, 4) is 0 Å². The number of likely N-dealkylation sites (tertiary alicyclic amines) is 1. The zero-order valence-corrected chi connectivity index (χ0v) is 15.9. The molecule has 1 spiro atoms. The first kappa shape index (κ1) is 19.0. The van der Waals surface area contributed by atoms with Gasteiger partial charge in [-0.15, -0.1) is 0 Å². The molecule has 1 saturated carbocycles. The van der Waals surface area contributed by atoms with Gasteiger partial charge >= 0.3 is 13.2 Å². The van der Waals surface area contributed by atoms with Crippen molar-refractivity contribution in [1.82, 2.24) is 4.90 Å². The van der Waals surface area contributed by atoms with Crippen LogP contribution in [0.1, 0.15) is 52.0 Å². The number of benzene rings is 1. The van der Waals surface area contributed by atoms with Gasteiger partial charge in [0.2, 0.25) is 0 Å². The summed E-state index contributed by atoms with van der Waals surface area (Å²) in [6.07, 6.45) is 6.21. The molecule has 0 unspecified atom stereocenters. The van der Waals surface area contributed by atoms with Crippen LogP contribution in [0.3, 0.4) is 0 Å². The second kappa shape index (κ2) is 7.08. The highest BCUT2D eigenvalue weighted by Crippen LogP contribution is 2.52. The quantitative estimate of drug-likeness (QED) is 0.799. The largest absolute Gasteiger partial charge is 0.488 e. The molecule has 1 heterocycles. The summed E-state index contributed by atoms with van der Waals surface area (Å²) in [5.41, 5.74) is 2.91. The molecule has 2 fully saturated rings. The molecule has 6 heteroatoms. The Morgan fingerprint density at radius 2 is 1.73 bits per heavy atom. The van der Waals surface area contributed by atoms with Crippen LogP contribution in [0.4, 0.5) is 4.79 Å². The first-order chi connectivity index (χ1) is 12.2. The zero-order chi connectivity index (χ0) is 18.9. The second-order valence-corrected chi connectivity index (χ2v) is 8.66. The van der Waals surface area contributed by atoms with Gasteiger partial charge in [0.05, 0.1) is 0 Å². The number of rotatable bonds is 2. The van der Waals surface area contributed by atoms with Crippen molar-refractivity contribution in [3.05, 3.63) is 35.4 Å². The van der Waals surface area contributed by atoms with Crippen LogP contribution in [0, 0.1) is 5.41 Å². The van der Waals surface area contributed by atoms with Gasteiger partial charge in [0.1, 0.15) is 5.60 Å². The molecule has 2 N–H and O–H groups in total. The van der Waals surface area contributed by atoms with Crippen molar-refractivity contribution < 1.29 is 19.6 Å². The van der Waals surface area contributed by atoms with Gasteiger partial charge < -0.3 is 19.7 Å². The molecule has 0 atom stereocenters. The third-order valence-electron chi connectivity index (χ3n) is 5.29. The van der Waals surface area contributed by atoms with E-state index in [0.717, 1.165) is 44.3 Å². The van der Waals surface area contributed by atoms with Gasteiger partial charge in [-0.25, -0.2) is 4.79 Å². The topological polar surface area (TPSA) is 70.0 Å². The molecular formula is C20H28BNO4. The lowest BCUT2D eigenvalue weighted by atomic mass is 9.60. The molecule has 0 aromatic heterocycles. The van der Waals surface area contributed by atoms with E-state index < -0.39 is 12.7 Å². The van der Waals surface area contributed by atoms with Crippen LogP contribution >= 0.6 is 0 Å². The van der Waals surface area contributed by atoms with E-state index in [1.165, 1.54) is 5.57 Å². The molecule has 140 valence electrons. The van der Waals surface area contributed by atoms with Crippen LogP contribution in [-0.2, 0) is 4.74 Å². The fourth-order valence-corrected chi connectivity index (χ4v) is 3.86. The molecular weight excluding hydrogens is 329 g/mol. The fraction of sp³-hybridized carbons (Fsp3) is 0.550. The average molecular weight is 357 g/mol. The van der Waals surface area contributed by atoms with Gasteiger partial charge in [-0.3, -0.25) is 0 Å². The summed E-state index contributed by atoms with van der Waals surface area (Å²) >= 11 is 0. The summed E-state index contributed by atoms with van der Waals surface area (Å²) in [5.74, 6) is 0. The molecule has 5 nitrogen and oxygen atoms in total. The first-order valence-electron chi connectivity index (χ1n) is 9.29. The monoisotopic (exact) mass is 357 g/mol. The van der Waals surface area contributed by atoms with Gasteiger partial charge in [0, 0.05) is 13.1 Å². The summed E-state index contributed by atoms with van der Waals surface area (Å²) in [6.45, 7) is 7.23. The Morgan fingerprint density at radius 3 is 2.23 bits per heavy atom. The van der Waals surface area contributed by atoms with E-state index in [1.54, 1.807) is 12.1 Å². The summed E-state index contributed by atoms with van der Waals surface area (Å²) < 4.78 is 5.46. The summed E-state index contributed by atoms with van der Waals surface area (Å²) in [6, 6.07) is 7.31. The summed E-state index contributed by atoms with van der Waals surface area (Å²) in [5, 5.41) is 18.3. The average Bonchev–Trinajstić information content (AvgIpc) is 2.53. The van der Waals surface area contributed by atoms with E-state index >= 15 is 0 Å². The van der Waals surface area contributed by atoms with Crippen LogP contribution in [-0.4, -0.2) is 46.9 Å². The standard InChI is InChI=1S/C20H28BNO4/c1-19(2,3)26-18(23)22-10-8-20(9-11-22)13-16(14-20)12-15-4-6-17(7-5-15)21(24)25/h4-7,12,24-25H,8-11,13-14H2,1-3H3. The number of amides is 1. The van der Waals surface area contributed by atoms with Crippen LogP contribution in [0.2, 0.25) is 0 Å². The van der Waals surface area contributed by atoms with E-state index in [-0.39, 0.29) is 6.09 Å². The summed E-state index contributed by atoms with van der Waals surface area (Å²) in [4.78, 5) is 14.0. The van der Waals surface area contributed by atoms with Gasteiger partial charge in [0.15, 0.2) is 0 Å². The van der Waals surface area contributed by atoms with E-state index in [2.05, 4.69) is 6.08 Å². The minimum atomic E-state index is -1.42. The maximum atomic E-state index is 12.2. The lowest BCUT2D eigenvalue weighted by Gasteiger charge is -2.49. The Balaban J connectivity index is 1.51. The smallest absolute Gasteiger partial charge is 0.444 e. The minimum Gasteiger partial charge on any atom is -0.444 e. The van der Waals surface area contributed by atoms with Gasteiger partial charge in [-0.05, 0) is 62.9 Å². The first-order valence-corrected chi connectivity index (χ1v) is 9.29. The number of carbonyl (C=O) groups is 1. The highest BCUT2D eigenvalue weighted by atomic mass is 16.6. The van der Waals surface area contributed by atoms with Crippen molar-refractivity contribution in [1.29, 1.82) is 0 Å². The lowest BCUT2D eigenvalue weighted by molar-refractivity contribution is 0.00448. The lowest BCUT2D eigenvalue weighted by Crippen LogP contribution is -2.47. The molecule has 3 rings (SSSR count). The highest BCUT2D eigenvalue weighted by Gasteiger charge is 2.43. The second-order valence-electron chi connectivity index (χ2n) is 8.66. The molecule has 0 bridgehead atoms. The molecule has 1 aliphatic carbocycles. The maximum absolute atomic E-state index is 12.2. The Hall–Kier alpha value is -1.79. The SMILES string of the molecule is CC(C)(C)OC(=O)N1CCC2(CC1)CC(=Cc1ccc(B(O)O)cc1)C2. The number of piperidine rings is 1. The molecule has 1 aromatic carbocycles. The maximum Gasteiger partial charge on any atom is 0.488 e. The molecule has 1 amide bonds. The van der Waals surface area contributed by atoms with Crippen LogP contribution in [0.25, 0.3) is 6.08 Å². The van der Waals surface area contributed by atoms with Crippen molar-refractivity contribution in [2.45, 2.75) is 52.1 Å². The minimum absolute atomic E-state index is 0.200. The van der Waals surface area contributed by atoms with Crippen molar-refractivity contribution >= 4 is 24.8 Å². The Kier molecular flexibility index (Phi) is 5.17. The number of ether oxygens (including phenoxy) is 1. The molecule has 1 saturated heterocycles. The highest BCUT2D eigenvalue weighted by molar-refractivity contribution is 6.58. The van der Waals surface area contributed by atoms with E-state index in [0.29, 0.717) is 10.9 Å². The number of hydrogen-bond donors (Lipinski definition) is 2. The predicted molar refractivity (Wildman–Crippen MR) is 103 cm³/mol. The molecule has 1 aromatic rings. The third kappa shape index (κ3) is 4.49. The Labute approximate surface area is 155 Å². The Morgan fingerprint density at radius 1 is 1.15 bits per heavy atom. The molecule has 26 heavy (non-hydrogen) atoms. The van der Waals surface area contributed by atoms with E-state index in [1.807, 2.05) is 37.8 Å². The summed E-state index contributed by atoms with van der Waals surface area (Å²) in [7, 11) is -1.42. The van der Waals surface area contributed by atoms with E-state index in [9.17, 15) is 4.79 Å². The van der Waals surface area contributed by atoms with E-state index in [4.69, 9.17) is 14.8 Å². The fourth-order valence-electron chi connectivity index (χ4n) is 3.86. The number of carbonyl (C=O) groups excluding carboxylic acids is 1. The molecule has 1 aliphatic heterocycles. The van der Waals surface area contributed by atoms with Gasteiger partial charge in [-0.2, -0.15) is 0 Å². The third-order valence-corrected chi connectivity index (χ3v) is 5.29. The zero-order valence-electron chi connectivity index (χ0n) is 15.9. The predicted octanol–water partition coefficient (Wildman–Crippen LogP) is 2.56. The van der Waals surface area contributed by atoms with Crippen LogP contribution in [0.5, 0.6) is 0 Å². The van der Waals surface area contributed by atoms with Crippen molar-refractivity contribution in [2.24, 2.45) is 5.41 Å². The molecule has 0 radical (unpaired) electrons. The number of nitrogens with zero attached hydrogens (tertiary/aromatic N) is 1. The number of hydrogen-bond acceptors (Lipinski definition) is 4. The van der Waals surface area contributed by atoms with Crippen molar-refractivity contribution in [3.63, 3.8) is 0 Å². The Bertz CT molecular complexity index is 673. The molecule has 2 aliphatic rings. The van der Waals surface area contributed by atoms with Gasteiger partial charge in [-0.1, -0.05) is 35.9 Å². The van der Waals surface area contributed by atoms with Gasteiger partial charge in [0.25, 0.3) is 0 Å². The number of allylic oxidation sites excluding steroid dienone is 1. The van der Waals surface area contributed by atoms with Crippen LogP contribution < -0.4 is 5.46 Å². The normalized spacial score (nSPS) is 19.1. The van der Waals surface area contributed by atoms with Crippen molar-refractivity contribution in [2.75, 3.05) is 13.1 Å².